The molecule has 0 amide bonds. The Kier molecular flexibility index (Phi) is 61.9. The average molecular weight is 150 g/mol. The van der Waals surface area contributed by atoms with Gasteiger partial charge in [-0.2, -0.15) is 0 Å². The van der Waals surface area contributed by atoms with Crippen LogP contribution in [0.1, 0.15) is 6.92 Å². The zero-order chi connectivity index (χ0) is 2.71. The molecule has 0 radical (unpaired) electrons. The van der Waals surface area contributed by atoms with Gasteiger partial charge in [0.2, 0.25) is 0 Å². The van der Waals surface area contributed by atoms with Crippen molar-refractivity contribution in [3.05, 3.63) is 0 Å². The third-order valence-corrected chi connectivity index (χ3v) is 0. The van der Waals surface area contributed by atoms with Crippen molar-refractivity contribution in [2.45, 2.75) is 6.92 Å². The molecule has 0 aliphatic rings. The maximum absolute atomic E-state index is 7.57. The average Bonchev–Trinajstić information content (AvgIpc) is 0.918. The summed E-state index contributed by atoms with van der Waals surface area (Å²) in [5.41, 5.74) is 0. The van der Waals surface area contributed by atoms with Crippen LogP contribution in [0, 0.1) is 0 Å². The van der Waals surface area contributed by atoms with Gasteiger partial charge in [0.1, 0.15) is 0 Å². The maximum atomic E-state index is 7.57. The molecular formula is C2H6BrMgO+. The van der Waals surface area contributed by atoms with Crippen molar-refractivity contribution in [1.29, 1.82) is 0 Å². The van der Waals surface area contributed by atoms with Gasteiger partial charge in [-0.3, -0.25) is 0 Å². The maximum Gasteiger partial charge on any atom is 2.00 e. The summed E-state index contributed by atoms with van der Waals surface area (Å²) >= 11 is 0. The predicted molar refractivity (Wildman–Crippen MR) is 18.5 cm³/mol. The molecular weight excluding hydrogens is 144 g/mol. The van der Waals surface area contributed by atoms with E-state index in [9.17, 15) is 0 Å². The van der Waals surface area contributed by atoms with Crippen LogP contribution >= 0.6 is 0 Å². The van der Waals surface area contributed by atoms with Crippen LogP contribution in [-0.4, -0.2) is 34.8 Å². The number of hydrogen-bond donors (Lipinski definition) is 1. The van der Waals surface area contributed by atoms with E-state index in [1.54, 1.807) is 6.92 Å². The van der Waals surface area contributed by atoms with Crippen LogP contribution in [0.4, 0.5) is 0 Å². The van der Waals surface area contributed by atoms with Gasteiger partial charge in [0.05, 0.1) is 0 Å². The minimum Gasteiger partial charge on any atom is -1.00 e. The Labute approximate surface area is 58.7 Å². The largest absolute Gasteiger partial charge is 2.00 e. The molecule has 0 aromatic rings. The fourth-order valence-electron chi connectivity index (χ4n) is 0. The van der Waals surface area contributed by atoms with E-state index in [4.69, 9.17) is 5.11 Å². The smallest absolute Gasteiger partial charge is 1.00 e. The van der Waals surface area contributed by atoms with E-state index in [1.807, 2.05) is 0 Å². The summed E-state index contributed by atoms with van der Waals surface area (Å²) in [5.74, 6) is 0. The van der Waals surface area contributed by atoms with Gasteiger partial charge >= 0.3 is 23.1 Å². The van der Waals surface area contributed by atoms with Crippen molar-refractivity contribution in [1.82, 2.24) is 0 Å². The fraction of sp³-hybridized carbons (Fsp3) is 1.00. The zero-order valence-electron chi connectivity index (χ0n) is 3.24. The zero-order valence-corrected chi connectivity index (χ0v) is 6.24. The fourth-order valence-corrected chi connectivity index (χ4v) is 0. The van der Waals surface area contributed by atoms with Crippen molar-refractivity contribution < 1.29 is 22.1 Å². The normalized spacial score (nSPS) is 3.60. The van der Waals surface area contributed by atoms with Crippen molar-refractivity contribution >= 4 is 23.1 Å². The third-order valence-electron chi connectivity index (χ3n) is 0. The number of rotatable bonds is 0. The second kappa shape index (κ2) is 18.9. The number of aliphatic hydroxyl groups excluding tert-OH is 1. The summed E-state index contributed by atoms with van der Waals surface area (Å²) in [4.78, 5) is 0. The Balaban J connectivity index is -0.0000000200. The molecule has 1 nitrogen and oxygen atoms in total. The Morgan fingerprint density at radius 2 is 1.60 bits per heavy atom. The molecule has 0 saturated carbocycles. The molecule has 1 N–H and O–H groups in total. The van der Waals surface area contributed by atoms with Gasteiger partial charge < -0.3 is 22.1 Å². The Morgan fingerprint density at radius 1 is 1.60 bits per heavy atom. The molecule has 0 unspecified atom stereocenters. The molecule has 0 spiro atoms. The second-order valence-electron chi connectivity index (χ2n) is 0.316. The van der Waals surface area contributed by atoms with Crippen LogP contribution in [0.15, 0.2) is 0 Å². The number of hydrogen-bond acceptors (Lipinski definition) is 1. The van der Waals surface area contributed by atoms with Crippen molar-refractivity contribution in [2.24, 2.45) is 0 Å². The standard InChI is InChI=1S/C2H6O.BrH.Mg/c1-2-3;;/h3H,2H2,1H3;1H;/q;;+2/p-1. The van der Waals surface area contributed by atoms with Gasteiger partial charge in [-0.25, -0.2) is 0 Å². The van der Waals surface area contributed by atoms with Gasteiger partial charge in [-0.1, -0.05) is 0 Å². The van der Waals surface area contributed by atoms with Crippen LogP contribution in [0.5, 0.6) is 0 Å². The van der Waals surface area contributed by atoms with E-state index in [0.29, 0.717) is 0 Å². The van der Waals surface area contributed by atoms with Gasteiger partial charge in [-0.05, 0) is 6.92 Å². The van der Waals surface area contributed by atoms with Gasteiger partial charge in [0.25, 0.3) is 0 Å². The Hall–Kier alpha value is 1.21. The molecule has 0 aromatic carbocycles. The summed E-state index contributed by atoms with van der Waals surface area (Å²) in [7, 11) is 0. The number of aliphatic hydroxyl groups is 1. The van der Waals surface area contributed by atoms with Gasteiger partial charge in [0.15, 0.2) is 0 Å². The van der Waals surface area contributed by atoms with Gasteiger partial charge in [-0.15, -0.1) is 0 Å². The summed E-state index contributed by atoms with van der Waals surface area (Å²) in [6, 6.07) is 0. The molecule has 5 heavy (non-hydrogen) atoms. The topological polar surface area (TPSA) is 20.2 Å². The molecule has 0 fully saturated rings. The van der Waals surface area contributed by atoms with E-state index in [1.165, 1.54) is 0 Å². The minimum absolute atomic E-state index is 0. The Bertz CT molecular complexity index is 9.61. The molecule has 3 heteroatoms. The quantitative estimate of drug-likeness (QED) is 0.357. The van der Waals surface area contributed by atoms with Crippen molar-refractivity contribution in [3.63, 3.8) is 0 Å². The summed E-state index contributed by atoms with van der Waals surface area (Å²) in [5, 5.41) is 7.57. The van der Waals surface area contributed by atoms with Crippen LogP contribution < -0.4 is 17.0 Å². The summed E-state index contributed by atoms with van der Waals surface area (Å²) < 4.78 is 0. The Morgan fingerprint density at radius 3 is 1.60 bits per heavy atom. The molecule has 0 aliphatic carbocycles. The van der Waals surface area contributed by atoms with Crippen LogP contribution in [-0.2, 0) is 0 Å². The molecule has 0 aromatic heterocycles. The van der Waals surface area contributed by atoms with Crippen LogP contribution in [0.25, 0.3) is 0 Å². The first-order valence-electron chi connectivity index (χ1n) is 1.02. The van der Waals surface area contributed by atoms with Gasteiger partial charge in [0, 0.05) is 6.61 Å². The minimum atomic E-state index is 0. The SMILES string of the molecule is CCO.[Br-].[Mg+2]. The van der Waals surface area contributed by atoms with Crippen LogP contribution in [0.3, 0.4) is 0 Å². The molecule has 0 bridgehead atoms. The first kappa shape index (κ1) is 16.4. The van der Waals surface area contributed by atoms with Crippen molar-refractivity contribution in [2.75, 3.05) is 6.61 Å². The van der Waals surface area contributed by atoms with Crippen molar-refractivity contribution in [3.8, 4) is 0 Å². The summed E-state index contributed by atoms with van der Waals surface area (Å²) in [6.45, 7) is 1.93. The molecule has 28 valence electrons. The first-order chi connectivity index (χ1) is 1.41. The van der Waals surface area contributed by atoms with E-state index in [2.05, 4.69) is 0 Å². The molecule has 0 saturated heterocycles. The van der Waals surface area contributed by atoms with Crippen LogP contribution in [0.2, 0.25) is 0 Å². The number of halogens is 1. The molecule has 0 atom stereocenters. The van der Waals surface area contributed by atoms with E-state index >= 15 is 0 Å². The van der Waals surface area contributed by atoms with E-state index < -0.39 is 0 Å². The second-order valence-corrected chi connectivity index (χ2v) is 0.316. The van der Waals surface area contributed by atoms with E-state index in [0.717, 1.165) is 0 Å². The third kappa shape index (κ3) is 36.8. The summed E-state index contributed by atoms with van der Waals surface area (Å²) in [6.07, 6.45) is 0. The molecule has 0 rings (SSSR count). The predicted octanol–water partition coefficient (Wildman–Crippen LogP) is -3.38. The van der Waals surface area contributed by atoms with E-state index in [-0.39, 0.29) is 46.6 Å². The molecule has 0 aliphatic heterocycles. The monoisotopic (exact) mass is 149 g/mol. The molecule has 0 heterocycles. The first-order valence-corrected chi connectivity index (χ1v) is 1.02.